The van der Waals surface area contributed by atoms with Crippen LogP contribution in [0.3, 0.4) is 0 Å². The number of aryl methyl sites for hydroxylation is 3. The fraction of sp³-hybridized carbons (Fsp3) is 0.467. The van der Waals surface area contributed by atoms with Crippen molar-refractivity contribution in [1.82, 2.24) is 14.8 Å². The Morgan fingerprint density at radius 3 is 2.63 bits per heavy atom. The molecule has 0 atom stereocenters. The van der Waals surface area contributed by atoms with Crippen molar-refractivity contribution < 1.29 is 0 Å². The number of aromatic nitrogens is 3. The van der Waals surface area contributed by atoms with Gasteiger partial charge in [0.1, 0.15) is 5.82 Å². The first-order chi connectivity index (χ1) is 9.19. The van der Waals surface area contributed by atoms with Crippen LogP contribution in [0.1, 0.15) is 36.6 Å². The van der Waals surface area contributed by atoms with Crippen molar-refractivity contribution >= 4 is 0 Å². The zero-order valence-corrected chi connectivity index (χ0v) is 12.0. The summed E-state index contributed by atoms with van der Waals surface area (Å²) in [6, 6.07) is 6.42. The SMILES string of the molecule is CCc1nc(CC)n(-c2ccc(C)cc2CCN)n1. The van der Waals surface area contributed by atoms with Gasteiger partial charge < -0.3 is 5.73 Å². The van der Waals surface area contributed by atoms with Gasteiger partial charge in [0.25, 0.3) is 0 Å². The molecule has 0 unspecified atom stereocenters. The van der Waals surface area contributed by atoms with Crippen molar-refractivity contribution in [3.63, 3.8) is 0 Å². The van der Waals surface area contributed by atoms with E-state index in [0.717, 1.165) is 36.6 Å². The summed E-state index contributed by atoms with van der Waals surface area (Å²) >= 11 is 0. The summed E-state index contributed by atoms with van der Waals surface area (Å²) in [5.74, 6) is 1.91. The van der Waals surface area contributed by atoms with Gasteiger partial charge in [-0.05, 0) is 31.5 Å². The molecule has 0 aliphatic rings. The predicted molar refractivity (Wildman–Crippen MR) is 77.6 cm³/mol. The van der Waals surface area contributed by atoms with Crippen LogP contribution in [0.15, 0.2) is 18.2 Å². The molecule has 4 nitrogen and oxygen atoms in total. The Labute approximate surface area is 114 Å². The lowest BCUT2D eigenvalue weighted by molar-refractivity contribution is 0.777. The van der Waals surface area contributed by atoms with Gasteiger partial charge in [-0.3, -0.25) is 0 Å². The first kappa shape index (κ1) is 13.7. The molecule has 0 saturated carbocycles. The van der Waals surface area contributed by atoms with Crippen LogP contribution in [0.4, 0.5) is 0 Å². The maximum Gasteiger partial charge on any atom is 0.151 e. The van der Waals surface area contributed by atoms with E-state index < -0.39 is 0 Å². The quantitative estimate of drug-likeness (QED) is 0.894. The Hall–Kier alpha value is -1.68. The normalized spacial score (nSPS) is 10.9. The zero-order valence-electron chi connectivity index (χ0n) is 12.0. The molecule has 19 heavy (non-hydrogen) atoms. The summed E-state index contributed by atoms with van der Waals surface area (Å²) in [6.07, 6.45) is 2.60. The van der Waals surface area contributed by atoms with E-state index in [1.165, 1.54) is 11.1 Å². The van der Waals surface area contributed by atoms with E-state index >= 15 is 0 Å². The summed E-state index contributed by atoms with van der Waals surface area (Å²) in [6.45, 7) is 6.93. The van der Waals surface area contributed by atoms with Crippen molar-refractivity contribution in [2.75, 3.05) is 6.54 Å². The highest BCUT2D eigenvalue weighted by Gasteiger charge is 2.12. The van der Waals surface area contributed by atoms with Crippen LogP contribution in [0.5, 0.6) is 0 Å². The Balaban J connectivity index is 2.53. The Kier molecular flexibility index (Phi) is 4.32. The third-order valence-corrected chi connectivity index (χ3v) is 3.23. The minimum atomic E-state index is 0.646. The van der Waals surface area contributed by atoms with Crippen molar-refractivity contribution in [3.05, 3.63) is 41.0 Å². The molecule has 0 fully saturated rings. The fourth-order valence-corrected chi connectivity index (χ4v) is 2.24. The van der Waals surface area contributed by atoms with E-state index in [0.29, 0.717) is 6.54 Å². The molecule has 0 amide bonds. The van der Waals surface area contributed by atoms with Gasteiger partial charge in [-0.15, -0.1) is 0 Å². The van der Waals surface area contributed by atoms with Crippen molar-refractivity contribution in [2.45, 2.75) is 40.0 Å². The molecule has 2 N–H and O–H groups in total. The van der Waals surface area contributed by atoms with Crippen LogP contribution in [0.25, 0.3) is 5.69 Å². The zero-order chi connectivity index (χ0) is 13.8. The number of rotatable bonds is 5. The third-order valence-electron chi connectivity index (χ3n) is 3.23. The van der Waals surface area contributed by atoms with E-state index in [1.807, 2.05) is 4.68 Å². The maximum atomic E-state index is 5.71. The lowest BCUT2D eigenvalue weighted by Crippen LogP contribution is -2.10. The molecule has 2 rings (SSSR count). The van der Waals surface area contributed by atoms with Gasteiger partial charge in [-0.1, -0.05) is 31.5 Å². The number of nitrogens with zero attached hydrogens (tertiary/aromatic N) is 3. The molecule has 0 radical (unpaired) electrons. The third kappa shape index (κ3) is 2.84. The maximum absolute atomic E-state index is 5.71. The first-order valence-electron chi connectivity index (χ1n) is 6.94. The van der Waals surface area contributed by atoms with E-state index in [-0.39, 0.29) is 0 Å². The van der Waals surface area contributed by atoms with Crippen LogP contribution in [-0.2, 0) is 19.3 Å². The van der Waals surface area contributed by atoms with Crippen LogP contribution in [0.2, 0.25) is 0 Å². The summed E-state index contributed by atoms with van der Waals surface area (Å²) in [4.78, 5) is 4.57. The highest BCUT2D eigenvalue weighted by Crippen LogP contribution is 2.18. The van der Waals surface area contributed by atoms with Gasteiger partial charge >= 0.3 is 0 Å². The molecular weight excluding hydrogens is 236 g/mol. The van der Waals surface area contributed by atoms with Gasteiger partial charge in [0, 0.05) is 12.8 Å². The van der Waals surface area contributed by atoms with Crippen LogP contribution >= 0.6 is 0 Å². The lowest BCUT2D eigenvalue weighted by Gasteiger charge is -2.11. The van der Waals surface area contributed by atoms with E-state index in [4.69, 9.17) is 5.73 Å². The smallest absolute Gasteiger partial charge is 0.151 e. The van der Waals surface area contributed by atoms with Crippen molar-refractivity contribution in [3.8, 4) is 5.69 Å². The molecule has 102 valence electrons. The van der Waals surface area contributed by atoms with E-state index in [1.54, 1.807) is 0 Å². The summed E-state index contributed by atoms with van der Waals surface area (Å²) in [5.41, 5.74) is 9.32. The topological polar surface area (TPSA) is 56.7 Å². The van der Waals surface area contributed by atoms with Gasteiger partial charge in [0.2, 0.25) is 0 Å². The standard InChI is InChI=1S/C15H22N4/c1-4-14-17-15(5-2)19(18-14)13-7-6-11(3)10-12(13)8-9-16/h6-7,10H,4-5,8-9,16H2,1-3H3. The lowest BCUT2D eigenvalue weighted by atomic mass is 10.1. The first-order valence-corrected chi connectivity index (χ1v) is 6.94. The van der Waals surface area contributed by atoms with Crippen LogP contribution in [0, 0.1) is 6.92 Å². The molecule has 1 heterocycles. The van der Waals surface area contributed by atoms with Gasteiger partial charge in [-0.2, -0.15) is 5.10 Å². The number of benzene rings is 1. The Morgan fingerprint density at radius 2 is 2.00 bits per heavy atom. The highest BCUT2D eigenvalue weighted by atomic mass is 15.3. The molecule has 0 bridgehead atoms. The largest absolute Gasteiger partial charge is 0.330 e. The Morgan fingerprint density at radius 1 is 1.21 bits per heavy atom. The minimum Gasteiger partial charge on any atom is -0.330 e. The number of hydrogen-bond donors (Lipinski definition) is 1. The molecule has 1 aromatic heterocycles. The summed E-state index contributed by atoms with van der Waals surface area (Å²) in [5, 5.41) is 4.61. The average Bonchev–Trinajstić information content (AvgIpc) is 2.82. The minimum absolute atomic E-state index is 0.646. The predicted octanol–water partition coefficient (Wildman–Crippen LogP) is 2.20. The second kappa shape index (κ2) is 5.97. The molecule has 4 heteroatoms. The summed E-state index contributed by atoms with van der Waals surface area (Å²) in [7, 11) is 0. The van der Waals surface area contributed by atoms with E-state index in [9.17, 15) is 0 Å². The average molecular weight is 258 g/mol. The second-order valence-electron chi connectivity index (χ2n) is 4.73. The summed E-state index contributed by atoms with van der Waals surface area (Å²) < 4.78 is 1.98. The monoisotopic (exact) mass is 258 g/mol. The number of nitrogens with two attached hydrogens (primary N) is 1. The van der Waals surface area contributed by atoms with Gasteiger partial charge in [0.05, 0.1) is 5.69 Å². The Bertz CT molecular complexity index is 557. The van der Waals surface area contributed by atoms with E-state index in [2.05, 4.69) is 49.1 Å². The van der Waals surface area contributed by atoms with Crippen LogP contribution < -0.4 is 5.73 Å². The van der Waals surface area contributed by atoms with Crippen LogP contribution in [-0.4, -0.2) is 21.3 Å². The molecular formula is C15H22N4. The van der Waals surface area contributed by atoms with Gasteiger partial charge in [0.15, 0.2) is 5.82 Å². The fourth-order valence-electron chi connectivity index (χ4n) is 2.24. The molecule has 0 aliphatic heterocycles. The highest BCUT2D eigenvalue weighted by molar-refractivity contribution is 5.43. The van der Waals surface area contributed by atoms with Gasteiger partial charge in [-0.25, -0.2) is 9.67 Å². The molecule has 0 spiro atoms. The van der Waals surface area contributed by atoms with Crippen molar-refractivity contribution in [1.29, 1.82) is 0 Å². The molecule has 0 saturated heterocycles. The number of hydrogen-bond acceptors (Lipinski definition) is 3. The molecule has 0 aliphatic carbocycles. The molecule has 1 aromatic carbocycles. The molecule has 2 aromatic rings. The van der Waals surface area contributed by atoms with Crippen molar-refractivity contribution in [2.24, 2.45) is 5.73 Å². The second-order valence-corrected chi connectivity index (χ2v) is 4.73.